The lowest BCUT2D eigenvalue weighted by atomic mass is 10.2. The molecule has 10 heteroatoms. The third-order valence-corrected chi connectivity index (χ3v) is 7.06. The Bertz CT molecular complexity index is 820. The second-order valence-electron chi connectivity index (χ2n) is 5.59. The van der Waals surface area contributed by atoms with E-state index in [1.165, 1.54) is 4.31 Å². The van der Waals surface area contributed by atoms with Gasteiger partial charge in [0.25, 0.3) is 0 Å². The van der Waals surface area contributed by atoms with Crippen LogP contribution < -0.4 is 4.74 Å². The zero-order chi connectivity index (χ0) is 18.8. The minimum atomic E-state index is -4.82. The molecular formula is C16H16F3NO4S2. The summed E-state index contributed by atoms with van der Waals surface area (Å²) >= 11 is 1.62. The van der Waals surface area contributed by atoms with Gasteiger partial charge < -0.3 is 9.15 Å². The molecule has 3 rings (SSSR count). The summed E-state index contributed by atoms with van der Waals surface area (Å²) in [6.45, 7) is 0.631. The van der Waals surface area contributed by atoms with Gasteiger partial charge in [-0.2, -0.15) is 4.31 Å². The molecule has 2 aromatic rings. The van der Waals surface area contributed by atoms with E-state index in [0.29, 0.717) is 25.3 Å². The van der Waals surface area contributed by atoms with Crippen LogP contribution in [-0.4, -0.2) is 37.9 Å². The van der Waals surface area contributed by atoms with Crippen LogP contribution in [0.4, 0.5) is 13.2 Å². The summed E-state index contributed by atoms with van der Waals surface area (Å²) in [5, 5.41) is 0.0766. The fourth-order valence-corrected chi connectivity index (χ4v) is 5.41. The second kappa shape index (κ2) is 7.53. The van der Waals surface area contributed by atoms with E-state index in [9.17, 15) is 21.6 Å². The highest BCUT2D eigenvalue weighted by Gasteiger charge is 2.32. The molecule has 1 aliphatic rings. The summed E-state index contributed by atoms with van der Waals surface area (Å²) in [6, 6.07) is 7.90. The molecule has 0 unspecified atom stereocenters. The van der Waals surface area contributed by atoms with Gasteiger partial charge in [-0.15, -0.1) is 24.9 Å². The quantitative estimate of drug-likeness (QED) is 0.765. The number of hydrogen-bond donors (Lipinski definition) is 0. The smallest absolute Gasteiger partial charge is 0.468 e. The van der Waals surface area contributed by atoms with Gasteiger partial charge in [0, 0.05) is 18.8 Å². The van der Waals surface area contributed by atoms with Crippen molar-refractivity contribution in [1.29, 1.82) is 0 Å². The Morgan fingerprint density at radius 3 is 2.50 bits per heavy atom. The van der Waals surface area contributed by atoms with E-state index in [2.05, 4.69) is 4.74 Å². The van der Waals surface area contributed by atoms with Crippen LogP contribution in [0.25, 0.3) is 0 Å². The van der Waals surface area contributed by atoms with Crippen LogP contribution in [0.1, 0.15) is 17.4 Å². The lowest BCUT2D eigenvalue weighted by Crippen LogP contribution is -2.33. The van der Waals surface area contributed by atoms with Crippen LogP contribution in [0.5, 0.6) is 5.75 Å². The Morgan fingerprint density at radius 2 is 1.88 bits per heavy atom. The average molecular weight is 407 g/mol. The molecule has 0 bridgehead atoms. The Labute approximate surface area is 153 Å². The van der Waals surface area contributed by atoms with E-state index >= 15 is 0 Å². The first-order chi connectivity index (χ1) is 12.3. The number of halogens is 3. The van der Waals surface area contributed by atoms with Gasteiger partial charge in [-0.1, -0.05) is 0 Å². The number of nitrogens with zero attached hydrogens (tertiary/aromatic N) is 1. The lowest BCUT2D eigenvalue weighted by molar-refractivity contribution is -0.274. The molecule has 2 heterocycles. The molecule has 26 heavy (non-hydrogen) atoms. The monoisotopic (exact) mass is 407 g/mol. The Kier molecular flexibility index (Phi) is 5.54. The fourth-order valence-electron chi connectivity index (χ4n) is 2.65. The molecular weight excluding hydrogens is 391 g/mol. The molecule has 5 nitrogen and oxygen atoms in total. The number of thioether (sulfide) groups is 1. The van der Waals surface area contributed by atoms with Gasteiger partial charge in [0.15, 0.2) is 0 Å². The first kappa shape index (κ1) is 19.1. The maximum absolute atomic E-state index is 12.8. The Morgan fingerprint density at radius 1 is 1.15 bits per heavy atom. The number of furan rings is 1. The van der Waals surface area contributed by atoms with E-state index in [-0.39, 0.29) is 10.1 Å². The molecule has 1 saturated heterocycles. The maximum atomic E-state index is 12.8. The predicted octanol–water partition coefficient (Wildman–Crippen LogP) is 4.05. The van der Waals surface area contributed by atoms with Gasteiger partial charge >= 0.3 is 6.36 Å². The minimum absolute atomic E-state index is 0.0616. The Balaban J connectivity index is 1.71. The van der Waals surface area contributed by atoms with Crippen molar-refractivity contribution in [1.82, 2.24) is 4.31 Å². The summed E-state index contributed by atoms with van der Waals surface area (Å²) in [6.07, 6.45) is -2.64. The van der Waals surface area contributed by atoms with Gasteiger partial charge in [0.1, 0.15) is 11.5 Å². The molecule has 142 valence electrons. The number of ether oxygens (including phenoxy) is 1. The van der Waals surface area contributed by atoms with Crippen molar-refractivity contribution in [3.05, 3.63) is 48.4 Å². The number of alkyl halides is 3. The Hall–Kier alpha value is -1.65. The molecule has 0 radical (unpaired) electrons. The van der Waals surface area contributed by atoms with Crippen molar-refractivity contribution in [2.75, 3.05) is 18.8 Å². The summed E-state index contributed by atoms with van der Waals surface area (Å²) < 4.78 is 72.6. The molecule has 1 atom stereocenters. The van der Waals surface area contributed by atoms with Gasteiger partial charge in [-0.25, -0.2) is 8.42 Å². The fraction of sp³-hybridized carbons (Fsp3) is 0.375. The summed E-state index contributed by atoms with van der Waals surface area (Å²) in [7, 11) is -3.79. The molecule has 0 saturated carbocycles. The molecule has 1 aliphatic heterocycles. The second-order valence-corrected chi connectivity index (χ2v) is 8.84. The van der Waals surface area contributed by atoms with Crippen molar-refractivity contribution in [2.24, 2.45) is 0 Å². The number of benzene rings is 1. The molecule has 1 aromatic heterocycles. The van der Waals surface area contributed by atoms with E-state index in [1.807, 2.05) is 6.07 Å². The highest BCUT2D eigenvalue weighted by molar-refractivity contribution is 7.99. The number of rotatable bonds is 4. The highest BCUT2D eigenvalue weighted by atomic mass is 32.2. The molecule has 0 spiro atoms. The predicted molar refractivity (Wildman–Crippen MR) is 90.4 cm³/mol. The van der Waals surface area contributed by atoms with Crippen molar-refractivity contribution in [3.63, 3.8) is 0 Å². The van der Waals surface area contributed by atoms with Crippen LogP contribution in [0.15, 0.2) is 52.0 Å². The van der Waals surface area contributed by atoms with Gasteiger partial charge in [-0.3, -0.25) is 0 Å². The van der Waals surface area contributed by atoms with Gasteiger partial charge in [-0.05, 0) is 42.8 Å². The van der Waals surface area contributed by atoms with Crippen LogP contribution in [0, 0.1) is 0 Å². The lowest BCUT2D eigenvalue weighted by Gasteiger charge is -2.20. The number of hydrogen-bond acceptors (Lipinski definition) is 5. The highest BCUT2D eigenvalue weighted by Crippen LogP contribution is 2.36. The molecule has 0 N–H and O–H groups in total. The van der Waals surface area contributed by atoms with Crippen LogP contribution in [0.2, 0.25) is 0 Å². The van der Waals surface area contributed by atoms with E-state index in [1.54, 1.807) is 24.1 Å². The van der Waals surface area contributed by atoms with Crippen LogP contribution >= 0.6 is 11.8 Å². The van der Waals surface area contributed by atoms with Crippen molar-refractivity contribution < 1.29 is 30.7 Å². The minimum Gasteiger partial charge on any atom is -0.468 e. The van der Waals surface area contributed by atoms with Crippen LogP contribution in [-0.2, 0) is 10.0 Å². The molecule has 0 amide bonds. The standard InChI is InChI=1S/C16H16F3NO4S2/c17-16(18,19)24-12-3-5-13(6-4-12)26(21,22)20-8-7-15(25-11-9-20)14-2-1-10-23-14/h1-6,10,15H,7-9,11H2/t15-/m1/s1. The van der Waals surface area contributed by atoms with Crippen molar-refractivity contribution >= 4 is 21.8 Å². The van der Waals surface area contributed by atoms with Gasteiger partial charge in [0.2, 0.25) is 10.0 Å². The van der Waals surface area contributed by atoms with E-state index in [4.69, 9.17) is 4.42 Å². The summed E-state index contributed by atoms with van der Waals surface area (Å²) in [5.74, 6) is 0.948. The largest absolute Gasteiger partial charge is 0.573 e. The van der Waals surface area contributed by atoms with E-state index < -0.39 is 22.1 Å². The van der Waals surface area contributed by atoms with Crippen molar-refractivity contribution in [2.45, 2.75) is 22.9 Å². The van der Waals surface area contributed by atoms with Crippen molar-refractivity contribution in [3.8, 4) is 5.75 Å². The average Bonchev–Trinajstić information content (AvgIpc) is 2.98. The first-order valence-electron chi connectivity index (χ1n) is 7.77. The molecule has 1 aromatic carbocycles. The first-order valence-corrected chi connectivity index (χ1v) is 10.3. The maximum Gasteiger partial charge on any atom is 0.573 e. The van der Waals surface area contributed by atoms with Crippen LogP contribution in [0.3, 0.4) is 0 Å². The zero-order valence-corrected chi connectivity index (χ0v) is 15.1. The normalized spacial score (nSPS) is 19.9. The molecule has 1 fully saturated rings. The molecule has 0 aliphatic carbocycles. The summed E-state index contributed by atoms with van der Waals surface area (Å²) in [4.78, 5) is -0.0616. The SMILES string of the molecule is O=S(=O)(c1ccc(OC(F)(F)F)cc1)N1CCS[C@@H](c2ccco2)CC1. The third kappa shape index (κ3) is 4.54. The van der Waals surface area contributed by atoms with Gasteiger partial charge in [0.05, 0.1) is 16.4 Å². The van der Waals surface area contributed by atoms with E-state index in [0.717, 1.165) is 30.0 Å². The zero-order valence-electron chi connectivity index (χ0n) is 13.5. The third-order valence-electron chi connectivity index (χ3n) is 3.86. The summed E-state index contributed by atoms with van der Waals surface area (Å²) in [5.41, 5.74) is 0. The topological polar surface area (TPSA) is 59.8 Å². The number of sulfonamides is 1.